The van der Waals surface area contributed by atoms with Gasteiger partial charge in [-0.3, -0.25) is 0 Å². The van der Waals surface area contributed by atoms with E-state index in [0.717, 1.165) is 30.2 Å². The van der Waals surface area contributed by atoms with Crippen molar-refractivity contribution >= 4 is 0 Å². The highest BCUT2D eigenvalue weighted by molar-refractivity contribution is 5.64. The molecule has 0 unspecified atom stereocenters. The number of allylic oxidation sites excluding steroid dienone is 1. The monoisotopic (exact) mass is 288 g/mol. The van der Waals surface area contributed by atoms with Crippen molar-refractivity contribution < 1.29 is 13.5 Å². The molecular weight excluding hydrogens is 270 g/mol. The molecule has 0 aliphatic carbocycles. The average Bonchev–Trinajstić information content (AvgIpc) is 2.49. The number of aryl methyl sites for hydroxylation is 1. The molecule has 0 radical (unpaired) electrons. The van der Waals surface area contributed by atoms with Gasteiger partial charge in [0.25, 0.3) is 6.43 Å². The molecule has 2 aromatic rings. The molecule has 0 aliphatic rings. The number of hydrogen-bond donors (Lipinski definition) is 0. The fraction of sp³-hybridized carbons (Fsp3) is 0.222. The molecule has 0 N–H and O–H groups in total. The largest absolute Gasteiger partial charge is 0.465 e. The molecule has 0 aliphatic heterocycles. The standard InChI is InChI=1S/C18H18F2O/c1-2-3-14-4-6-15(7-5-14)16-8-10-17(11-9-16)21-13-12-18(19)20/h4-13,18H,2-3H2,1H3/b13-12+. The van der Waals surface area contributed by atoms with Crippen LogP contribution in [-0.4, -0.2) is 6.43 Å². The highest BCUT2D eigenvalue weighted by Gasteiger charge is 1.99. The van der Waals surface area contributed by atoms with E-state index in [0.29, 0.717) is 11.8 Å². The first-order chi connectivity index (χ1) is 10.2. The van der Waals surface area contributed by atoms with E-state index < -0.39 is 6.43 Å². The molecule has 110 valence electrons. The number of alkyl halides is 2. The number of halogens is 2. The van der Waals surface area contributed by atoms with Crippen LogP contribution in [0.15, 0.2) is 60.9 Å². The minimum absolute atomic E-state index is 0.540. The SMILES string of the molecule is CCCc1ccc(-c2ccc(O/C=C/C(F)F)cc2)cc1. The summed E-state index contributed by atoms with van der Waals surface area (Å²) < 4.78 is 29.0. The third-order valence-corrected chi connectivity index (χ3v) is 3.11. The molecule has 0 fully saturated rings. The summed E-state index contributed by atoms with van der Waals surface area (Å²) in [6.45, 7) is 2.16. The lowest BCUT2D eigenvalue weighted by Crippen LogP contribution is -1.87. The van der Waals surface area contributed by atoms with E-state index in [9.17, 15) is 8.78 Å². The zero-order chi connectivity index (χ0) is 15.1. The van der Waals surface area contributed by atoms with Crippen LogP contribution >= 0.6 is 0 Å². The van der Waals surface area contributed by atoms with Crippen molar-refractivity contribution in [1.29, 1.82) is 0 Å². The predicted molar refractivity (Wildman–Crippen MR) is 81.6 cm³/mol. The van der Waals surface area contributed by atoms with Crippen molar-refractivity contribution in [1.82, 2.24) is 0 Å². The summed E-state index contributed by atoms with van der Waals surface area (Å²) in [6.07, 6.45) is 1.45. The van der Waals surface area contributed by atoms with Crippen molar-refractivity contribution in [3.63, 3.8) is 0 Å². The maximum absolute atomic E-state index is 11.9. The fourth-order valence-electron chi connectivity index (χ4n) is 2.06. The lowest BCUT2D eigenvalue weighted by molar-refractivity contribution is 0.201. The highest BCUT2D eigenvalue weighted by Crippen LogP contribution is 2.23. The summed E-state index contributed by atoms with van der Waals surface area (Å²) in [5.41, 5.74) is 3.53. The Morgan fingerprint density at radius 2 is 1.52 bits per heavy atom. The Balaban J connectivity index is 2.04. The fourth-order valence-corrected chi connectivity index (χ4v) is 2.06. The molecule has 0 aromatic heterocycles. The lowest BCUT2D eigenvalue weighted by atomic mass is 10.0. The Morgan fingerprint density at radius 3 is 2.05 bits per heavy atom. The van der Waals surface area contributed by atoms with E-state index in [2.05, 4.69) is 31.2 Å². The molecule has 0 saturated heterocycles. The molecule has 2 rings (SSSR count). The highest BCUT2D eigenvalue weighted by atomic mass is 19.3. The third-order valence-electron chi connectivity index (χ3n) is 3.11. The van der Waals surface area contributed by atoms with Gasteiger partial charge in [-0.05, 0) is 35.2 Å². The first kappa shape index (κ1) is 15.2. The molecule has 0 bridgehead atoms. The summed E-state index contributed by atoms with van der Waals surface area (Å²) in [5, 5.41) is 0. The summed E-state index contributed by atoms with van der Waals surface area (Å²) in [4.78, 5) is 0. The lowest BCUT2D eigenvalue weighted by Gasteiger charge is -2.05. The normalized spacial score (nSPS) is 11.2. The van der Waals surface area contributed by atoms with Gasteiger partial charge >= 0.3 is 0 Å². The Kier molecular flexibility index (Phi) is 5.50. The minimum atomic E-state index is -2.49. The quantitative estimate of drug-likeness (QED) is 0.641. The van der Waals surface area contributed by atoms with Crippen molar-refractivity contribution in [2.24, 2.45) is 0 Å². The van der Waals surface area contributed by atoms with Crippen LogP contribution in [0.1, 0.15) is 18.9 Å². The van der Waals surface area contributed by atoms with Crippen molar-refractivity contribution in [3.8, 4) is 16.9 Å². The van der Waals surface area contributed by atoms with Gasteiger partial charge in [-0.2, -0.15) is 0 Å². The van der Waals surface area contributed by atoms with Gasteiger partial charge in [0, 0.05) is 6.08 Å². The first-order valence-corrected chi connectivity index (χ1v) is 7.00. The van der Waals surface area contributed by atoms with Crippen LogP contribution in [-0.2, 0) is 6.42 Å². The van der Waals surface area contributed by atoms with Crippen LogP contribution in [0, 0.1) is 0 Å². The van der Waals surface area contributed by atoms with E-state index in [-0.39, 0.29) is 0 Å². The number of rotatable bonds is 6. The van der Waals surface area contributed by atoms with E-state index in [1.807, 2.05) is 12.1 Å². The first-order valence-electron chi connectivity index (χ1n) is 7.00. The Bertz CT molecular complexity index is 571. The molecule has 1 nitrogen and oxygen atoms in total. The van der Waals surface area contributed by atoms with Crippen LogP contribution in [0.3, 0.4) is 0 Å². The van der Waals surface area contributed by atoms with Crippen LogP contribution in [0.2, 0.25) is 0 Å². The zero-order valence-corrected chi connectivity index (χ0v) is 11.9. The average molecular weight is 288 g/mol. The number of ether oxygens (including phenoxy) is 1. The van der Waals surface area contributed by atoms with Gasteiger partial charge < -0.3 is 4.74 Å². The van der Waals surface area contributed by atoms with E-state index in [1.54, 1.807) is 12.1 Å². The molecule has 0 spiro atoms. The van der Waals surface area contributed by atoms with E-state index in [1.165, 1.54) is 5.56 Å². The Labute approximate surface area is 123 Å². The summed E-state index contributed by atoms with van der Waals surface area (Å²) in [6, 6.07) is 15.8. The van der Waals surface area contributed by atoms with Crippen LogP contribution in [0.4, 0.5) is 8.78 Å². The minimum Gasteiger partial charge on any atom is -0.465 e. The second-order valence-corrected chi connectivity index (χ2v) is 4.75. The van der Waals surface area contributed by atoms with Crippen molar-refractivity contribution in [3.05, 3.63) is 66.4 Å². The number of hydrogen-bond acceptors (Lipinski definition) is 1. The summed E-state index contributed by atoms with van der Waals surface area (Å²) in [5.74, 6) is 0.540. The smallest absolute Gasteiger partial charge is 0.260 e. The molecular formula is C18H18F2O. The van der Waals surface area contributed by atoms with Gasteiger partial charge in [0.2, 0.25) is 0 Å². The Hall–Kier alpha value is -2.16. The Morgan fingerprint density at radius 1 is 0.952 bits per heavy atom. The van der Waals surface area contributed by atoms with Gasteiger partial charge in [0.05, 0.1) is 6.26 Å². The molecule has 0 saturated carbocycles. The molecule has 2 aromatic carbocycles. The van der Waals surface area contributed by atoms with Gasteiger partial charge in [-0.25, -0.2) is 8.78 Å². The van der Waals surface area contributed by atoms with Gasteiger partial charge in [0.15, 0.2) is 0 Å². The van der Waals surface area contributed by atoms with Crippen LogP contribution < -0.4 is 4.74 Å². The second kappa shape index (κ2) is 7.58. The third kappa shape index (κ3) is 4.71. The molecule has 0 atom stereocenters. The maximum atomic E-state index is 11.9. The van der Waals surface area contributed by atoms with Crippen molar-refractivity contribution in [2.45, 2.75) is 26.2 Å². The van der Waals surface area contributed by atoms with Crippen LogP contribution in [0.5, 0.6) is 5.75 Å². The predicted octanol–water partition coefficient (Wildman–Crippen LogP) is 5.46. The number of benzene rings is 2. The summed E-state index contributed by atoms with van der Waals surface area (Å²) in [7, 11) is 0. The van der Waals surface area contributed by atoms with Gasteiger partial charge in [-0.15, -0.1) is 0 Å². The second-order valence-electron chi connectivity index (χ2n) is 4.75. The molecule has 0 amide bonds. The summed E-state index contributed by atoms with van der Waals surface area (Å²) >= 11 is 0. The molecule has 0 heterocycles. The van der Waals surface area contributed by atoms with Gasteiger partial charge in [0.1, 0.15) is 5.75 Å². The molecule has 21 heavy (non-hydrogen) atoms. The van der Waals surface area contributed by atoms with Crippen molar-refractivity contribution in [2.75, 3.05) is 0 Å². The van der Waals surface area contributed by atoms with E-state index >= 15 is 0 Å². The maximum Gasteiger partial charge on any atom is 0.260 e. The van der Waals surface area contributed by atoms with Gasteiger partial charge in [-0.1, -0.05) is 49.7 Å². The van der Waals surface area contributed by atoms with Crippen LogP contribution in [0.25, 0.3) is 11.1 Å². The molecule has 3 heteroatoms. The van der Waals surface area contributed by atoms with E-state index in [4.69, 9.17) is 4.74 Å². The zero-order valence-electron chi connectivity index (χ0n) is 11.9. The topological polar surface area (TPSA) is 9.23 Å².